The van der Waals surface area contributed by atoms with E-state index >= 15 is 0 Å². The molecule has 0 nitrogen and oxygen atoms in total. The van der Waals surface area contributed by atoms with Crippen molar-refractivity contribution in [3.8, 4) is 0 Å². The number of alkyl halides is 1. The van der Waals surface area contributed by atoms with E-state index in [1.54, 1.807) is 11.8 Å². The van der Waals surface area contributed by atoms with Gasteiger partial charge in [0.25, 0.3) is 0 Å². The third-order valence-electron chi connectivity index (χ3n) is 3.12. The van der Waals surface area contributed by atoms with Gasteiger partial charge in [-0.1, -0.05) is 57.9 Å². The van der Waals surface area contributed by atoms with Gasteiger partial charge in [0.15, 0.2) is 0 Å². The molecule has 0 N–H and O–H groups in total. The predicted octanol–water partition coefficient (Wildman–Crippen LogP) is 5.51. The van der Waals surface area contributed by atoms with Crippen molar-refractivity contribution in [1.29, 1.82) is 0 Å². The Kier molecular flexibility index (Phi) is 4.52. The molecule has 0 amide bonds. The van der Waals surface area contributed by atoms with Gasteiger partial charge in [0, 0.05) is 4.90 Å². The number of hydrogen-bond acceptors (Lipinski definition) is 1. The van der Waals surface area contributed by atoms with Crippen LogP contribution < -0.4 is 0 Å². The van der Waals surface area contributed by atoms with Gasteiger partial charge >= 0.3 is 0 Å². The minimum atomic E-state index is 0.265. The van der Waals surface area contributed by atoms with E-state index in [0.717, 1.165) is 0 Å². The maximum atomic E-state index is 3.86. The van der Waals surface area contributed by atoms with Crippen LogP contribution in [0.25, 0.3) is 0 Å². The zero-order valence-electron chi connectivity index (χ0n) is 10.9. The second-order valence-corrected chi connectivity index (χ2v) is 6.23. The van der Waals surface area contributed by atoms with E-state index in [9.17, 15) is 0 Å². The van der Waals surface area contributed by atoms with E-state index in [-0.39, 0.29) is 4.83 Å². The Morgan fingerprint density at radius 1 is 1.00 bits per heavy atom. The number of benzene rings is 2. The first-order chi connectivity index (χ1) is 8.63. The Balaban J connectivity index is 2.47. The zero-order chi connectivity index (χ0) is 13.1. The molecular formula is C16H17BrS. The van der Waals surface area contributed by atoms with Gasteiger partial charge in [0.05, 0.1) is 4.83 Å². The van der Waals surface area contributed by atoms with Gasteiger partial charge < -0.3 is 0 Å². The fraction of sp³-hybridized carbons (Fsp3) is 0.250. The average molecular weight is 321 g/mol. The molecular weight excluding hydrogens is 304 g/mol. The quantitative estimate of drug-likeness (QED) is 0.530. The van der Waals surface area contributed by atoms with Crippen molar-refractivity contribution in [2.24, 2.45) is 0 Å². The van der Waals surface area contributed by atoms with E-state index in [4.69, 9.17) is 0 Å². The highest BCUT2D eigenvalue weighted by Gasteiger charge is 2.15. The molecule has 0 aliphatic heterocycles. The Hall–Kier alpha value is -0.730. The molecule has 0 bridgehead atoms. The molecule has 0 saturated heterocycles. The molecule has 2 aromatic rings. The van der Waals surface area contributed by atoms with Crippen LogP contribution in [0, 0.1) is 13.8 Å². The van der Waals surface area contributed by atoms with Crippen LogP contribution >= 0.6 is 27.7 Å². The summed E-state index contributed by atoms with van der Waals surface area (Å²) in [6.07, 6.45) is 2.13. The Morgan fingerprint density at radius 2 is 1.72 bits per heavy atom. The maximum absolute atomic E-state index is 3.86. The molecule has 2 heteroatoms. The van der Waals surface area contributed by atoms with Crippen molar-refractivity contribution in [2.45, 2.75) is 23.6 Å². The van der Waals surface area contributed by atoms with Crippen LogP contribution in [0.4, 0.5) is 0 Å². The topological polar surface area (TPSA) is 0 Å². The average Bonchev–Trinajstić information content (AvgIpc) is 2.40. The highest BCUT2D eigenvalue weighted by Crippen LogP contribution is 2.37. The summed E-state index contributed by atoms with van der Waals surface area (Å²) < 4.78 is 0. The standard InChI is InChI=1S/C16H17BrS/c1-11-8-9-12(2)14(10-11)16(17)13-6-4-5-7-15(13)18-3/h4-10,16H,1-3H3. The lowest BCUT2D eigenvalue weighted by atomic mass is 9.98. The predicted molar refractivity (Wildman–Crippen MR) is 84.9 cm³/mol. The van der Waals surface area contributed by atoms with Crippen LogP contribution in [0.3, 0.4) is 0 Å². The van der Waals surface area contributed by atoms with Gasteiger partial charge in [0.2, 0.25) is 0 Å². The summed E-state index contributed by atoms with van der Waals surface area (Å²) in [4.78, 5) is 1.60. The van der Waals surface area contributed by atoms with Crippen LogP contribution in [-0.4, -0.2) is 6.26 Å². The molecule has 0 aliphatic rings. The molecule has 0 aliphatic carbocycles. The lowest BCUT2D eigenvalue weighted by Crippen LogP contribution is -1.98. The van der Waals surface area contributed by atoms with E-state index < -0.39 is 0 Å². The monoisotopic (exact) mass is 320 g/mol. The summed E-state index contributed by atoms with van der Waals surface area (Å²) >= 11 is 5.66. The van der Waals surface area contributed by atoms with Gasteiger partial charge in [-0.05, 0) is 42.9 Å². The highest BCUT2D eigenvalue weighted by molar-refractivity contribution is 9.09. The van der Waals surface area contributed by atoms with Crippen molar-refractivity contribution in [1.82, 2.24) is 0 Å². The van der Waals surface area contributed by atoms with Gasteiger partial charge in [-0.15, -0.1) is 11.8 Å². The van der Waals surface area contributed by atoms with E-state index in [2.05, 4.69) is 78.5 Å². The summed E-state index contributed by atoms with van der Waals surface area (Å²) in [7, 11) is 0. The van der Waals surface area contributed by atoms with Crippen LogP contribution in [0.2, 0.25) is 0 Å². The minimum absolute atomic E-state index is 0.265. The van der Waals surface area contributed by atoms with Crippen molar-refractivity contribution in [3.63, 3.8) is 0 Å². The molecule has 0 radical (unpaired) electrons. The van der Waals surface area contributed by atoms with Gasteiger partial charge in [-0.25, -0.2) is 0 Å². The normalized spacial score (nSPS) is 12.4. The third-order valence-corrected chi connectivity index (χ3v) is 4.92. The summed E-state index contributed by atoms with van der Waals surface area (Å²) in [5.41, 5.74) is 5.34. The smallest absolute Gasteiger partial charge is 0.0658 e. The summed E-state index contributed by atoms with van der Waals surface area (Å²) in [5, 5.41) is 0. The fourth-order valence-corrected chi connectivity index (χ4v) is 3.76. The van der Waals surface area contributed by atoms with Crippen molar-refractivity contribution in [3.05, 3.63) is 64.7 Å². The Labute approximate surface area is 122 Å². The molecule has 0 aromatic heterocycles. The van der Waals surface area contributed by atoms with Crippen LogP contribution in [0.15, 0.2) is 47.4 Å². The molecule has 18 heavy (non-hydrogen) atoms. The molecule has 1 unspecified atom stereocenters. The maximum Gasteiger partial charge on any atom is 0.0658 e. The molecule has 0 saturated carbocycles. The SMILES string of the molecule is CSc1ccccc1C(Br)c1cc(C)ccc1C. The molecule has 0 fully saturated rings. The molecule has 2 rings (SSSR count). The molecule has 1 atom stereocenters. The largest absolute Gasteiger partial charge is 0.129 e. The van der Waals surface area contributed by atoms with Gasteiger partial charge in [-0.3, -0.25) is 0 Å². The first kappa shape index (κ1) is 13.7. The number of aryl methyl sites for hydroxylation is 2. The molecule has 94 valence electrons. The van der Waals surface area contributed by atoms with Crippen LogP contribution in [0.5, 0.6) is 0 Å². The van der Waals surface area contributed by atoms with Crippen LogP contribution in [-0.2, 0) is 0 Å². The summed E-state index contributed by atoms with van der Waals surface area (Å²) in [6, 6.07) is 15.2. The Bertz CT molecular complexity index is 549. The summed E-state index contributed by atoms with van der Waals surface area (Å²) in [6.45, 7) is 4.31. The van der Waals surface area contributed by atoms with E-state index in [1.165, 1.54) is 27.1 Å². The third kappa shape index (κ3) is 2.81. The van der Waals surface area contributed by atoms with Gasteiger partial charge in [-0.2, -0.15) is 0 Å². The van der Waals surface area contributed by atoms with E-state index in [0.29, 0.717) is 0 Å². The fourth-order valence-electron chi connectivity index (χ4n) is 2.08. The number of halogens is 1. The first-order valence-corrected chi connectivity index (χ1v) is 8.11. The number of hydrogen-bond donors (Lipinski definition) is 0. The first-order valence-electron chi connectivity index (χ1n) is 5.97. The van der Waals surface area contributed by atoms with Crippen molar-refractivity contribution < 1.29 is 0 Å². The lowest BCUT2D eigenvalue weighted by molar-refractivity contribution is 1.09. The second kappa shape index (κ2) is 5.94. The van der Waals surface area contributed by atoms with Crippen molar-refractivity contribution in [2.75, 3.05) is 6.26 Å². The minimum Gasteiger partial charge on any atom is -0.129 e. The number of rotatable bonds is 3. The molecule has 0 heterocycles. The molecule has 0 spiro atoms. The molecule has 2 aromatic carbocycles. The highest BCUT2D eigenvalue weighted by atomic mass is 79.9. The second-order valence-electron chi connectivity index (χ2n) is 4.46. The lowest BCUT2D eigenvalue weighted by Gasteiger charge is -2.17. The number of thioether (sulfide) groups is 1. The van der Waals surface area contributed by atoms with Crippen LogP contribution in [0.1, 0.15) is 27.1 Å². The zero-order valence-corrected chi connectivity index (χ0v) is 13.3. The van der Waals surface area contributed by atoms with Crippen molar-refractivity contribution >= 4 is 27.7 Å². The summed E-state index contributed by atoms with van der Waals surface area (Å²) in [5.74, 6) is 0. The van der Waals surface area contributed by atoms with Gasteiger partial charge in [0.1, 0.15) is 0 Å². The van der Waals surface area contributed by atoms with E-state index in [1.807, 2.05) is 0 Å². The Morgan fingerprint density at radius 3 is 2.44 bits per heavy atom.